The maximum absolute atomic E-state index is 12.6. The normalized spacial score (nSPS) is 21.0. The quantitative estimate of drug-likeness (QED) is 0.907. The van der Waals surface area contributed by atoms with Gasteiger partial charge in [0.15, 0.2) is 0 Å². The molecule has 1 aliphatic carbocycles. The van der Waals surface area contributed by atoms with E-state index in [0.29, 0.717) is 19.1 Å². The summed E-state index contributed by atoms with van der Waals surface area (Å²) in [7, 11) is 0. The van der Waals surface area contributed by atoms with E-state index in [1.54, 1.807) is 0 Å². The molecule has 1 aliphatic heterocycles. The molecule has 0 unspecified atom stereocenters. The second-order valence-electron chi connectivity index (χ2n) is 6.93. The molecule has 1 atom stereocenters. The zero-order chi connectivity index (χ0) is 17.1. The Morgan fingerprint density at radius 1 is 1.21 bits per heavy atom. The van der Waals surface area contributed by atoms with Gasteiger partial charge in [0.1, 0.15) is 0 Å². The van der Waals surface area contributed by atoms with Crippen LogP contribution in [-0.4, -0.2) is 59.9 Å². The molecule has 2 amide bonds. The fourth-order valence-electron chi connectivity index (χ4n) is 3.61. The van der Waals surface area contributed by atoms with Crippen LogP contribution in [0.4, 0.5) is 0 Å². The minimum atomic E-state index is -0.119. The zero-order valence-corrected chi connectivity index (χ0v) is 15.4. The van der Waals surface area contributed by atoms with E-state index in [-0.39, 0.29) is 17.9 Å². The van der Waals surface area contributed by atoms with E-state index in [1.165, 1.54) is 24.2 Å². The summed E-state index contributed by atoms with van der Waals surface area (Å²) in [6, 6.07) is 2.24. The molecule has 132 valence electrons. The third kappa shape index (κ3) is 3.81. The summed E-state index contributed by atoms with van der Waals surface area (Å²) in [5.74, 6) is 0.265. The van der Waals surface area contributed by atoms with Gasteiger partial charge in [-0.2, -0.15) is 0 Å². The Morgan fingerprint density at radius 3 is 2.46 bits per heavy atom. The predicted octanol–water partition coefficient (Wildman–Crippen LogP) is 2.26. The number of carbonyl (C=O) groups is 2. The van der Waals surface area contributed by atoms with Crippen LogP contribution in [0.15, 0.2) is 11.4 Å². The van der Waals surface area contributed by atoms with E-state index in [4.69, 9.17) is 0 Å². The van der Waals surface area contributed by atoms with Gasteiger partial charge in [0.2, 0.25) is 5.91 Å². The summed E-state index contributed by atoms with van der Waals surface area (Å²) in [5.41, 5.74) is 1.05. The van der Waals surface area contributed by atoms with E-state index < -0.39 is 0 Å². The molecule has 2 aliphatic rings. The molecular weight excluding hydrogens is 322 g/mol. The molecular formula is C18H27N3O2S. The third-order valence-electron chi connectivity index (χ3n) is 5.29. The number of aryl methyl sites for hydroxylation is 1. The maximum atomic E-state index is 12.6. The first-order valence-electron chi connectivity index (χ1n) is 8.94. The molecule has 2 heterocycles. The average molecular weight is 350 g/mol. The van der Waals surface area contributed by atoms with Crippen molar-refractivity contribution in [2.24, 2.45) is 0 Å². The van der Waals surface area contributed by atoms with Crippen molar-refractivity contribution in [3.05, 3.63) is 21.9 Å². The van der Waals surface area contributed by atoms with Gasteiger partial charge in [-0.05, 0) is 43.7 Å². The highest BCUT2D eigenvalue weighted by molar-refractivity contribution is 7.12. The van der Waals surface area contributed by atoms with Crippen LogP contribution in [0.2, 0.25) is 0 Å². The third-order valence-corrected chi connectivity index (χ3v) is 6.29. The largest absolute Gasteiger partial charge is 0.352 e. The Hall–Kier alpha value is -1.40. The minimum absolute atomic E-state index is 0.119. The average Bonchev–Trinajstić information content (AvgIpc) is 3.25. The molecule has 1 saturated carbocycles. The number of nitrogens with one attached hydrogen (secondary N) is 1. The van der Waals surface area contributed by atoms with Crippen molar-refractivity contribution in [3.8, 4) is 0 Å². The molecule has 0 radical (unpaired) electrons. The van der Waals surface area contributed by atoms with E-state index >= 15 is 0 Å². The lowest BCUT2D eigenvalue weighted by Gasteiger charge is -2.37. The van der Waals surface area contributed by atoms with Crippen LogP contribution in [-0.2, 0) is 4.79 Å². The van der Waals surface area contributed by atoms with Crippen molar-refractivity contribution in [2.75, 3.05) is 26.2 Å². The first kappa shape index (κ1) is 17.4. The van der Waals surface area contributed by atoms with Crippen molar-refractivity contribution < 1.29 is 9.59 Å². The van der Waals surface area contributed by atoms with E-state index in [9.17, 15) is 9.59 Å². The highest BCUT2D eigenvalue weighted by Crippen LogP contribution is 2.20. The van der Waals surface area contributed by atoms with Crippen LogP contribution in [0.1, 0.15) is 47.8 Å². The number of amides is 2. The van der Waals surface area contributed by atoms with Gasteiger partial charge in [-0.1, -0.05) is 12.8 Å². The van der Waals surface area contributed by atoms with Crippen LogP contribution in [0.3, 0.4) is 0 Å². The Kier molecular flexibility index (Phi) is 5.56. The number of rotatable bonds is 4. The molecule has 1 aromatic rings. The first-order chi connectivity index (χ1) is 11.6. The number of hydrogen-bond donors (Lipinski definition) is 1. The van der Waals surface area contributed by atoms with Crippen molar-refractivity contribution in [2.45, 2.75) is 51.6 Å². The SMILES string of the molecule is Cc1ccsc1C(=O)N1CCN([C@@H](C)C(=O)NC2CCCC2)CC1. The molecule has 0 spiro atoms. The number of thiophene rings is 1. The molecule has 0 aromatic carbocycles. The minimum Gasteiger partial charge on any atom is -0.352 e. The van der Waals surface area contributed by atoms with Gasteiger partial charge in [-0.3, -0.25) is 14.5 Å². The van der Waals surface area contributed by atoms with Crippen molar-refractivity contribution >= 4 is 23.2 Å². The van der Waals surface area contributed by atoms with Gasteiger partial charge >= 0.3 is 0 Å². The number of carbonyl (C=O) groups excluding carboxylic acids is 2. The van der Waals surface area contributed by atoms with Gasteiger partial charge < -0.3 is 10.2 Å². The van der Waals surface area contributed by atoms with Crippen molar-refractivity contribution in [3.63, 3.8) is 0 Å². The summed E-state index contributed by atoms with van der Waals surface area (Å²) in [6.07, 6.45) is 4.67. The van der Waals surface area contributed by atoms with Crippen LogP contribution in [0.5, 0.6) is 0 Å². The van der Waals surface area contributed by atoms with Crippen LogP contribution in [0.25, 0.3) is 0 Å². The standard InChI is InChI=1S/C18H27N3O2S/c1-13-7-12-24-16(13)18(23)21-10-8-20(9-11-21)14(2)17(22)19-15-5-3-4-6-15/h7,12,14-15H,3-6,8-11H2,1-2H3,(H,19,22)/t14-/m0/s1. The Morgan fingerprint density at radius 2 is 1.88 bits per heavy atom. The van der Waals surface area contributed by atoms with Gasteiger partial charge in [-0.25, -0.2) is 0 Å². The lowest BCUT2D eigenvalue weighted by atomic mass is 10.1. The monoisotopic (exact) mass is 349 g/mol. The Labute approximate surface area is 148 Å². The lowest BCUT2D eigenvalue weighted by molar-refractivity contribution is -0.127. The summed E-state index contributed by atoms with van der Waals surface area (Å²) in [4.78, 5) is 29.9. The molecule has 0 bridgehead atoms. The zero-order valence-electron chi connectivity index (χ0n) is 14.6. The molecule has 1 N–H and O–H groups in total. The second-order valence-corrected chi connectivity index (χ2v) is 7.84. The smallest absolute Gasteiger partial charge is 0.264 e. The van der Waals surface area contributed by atoms with Gasteiger partial charge in [-0.15, -0.1) is 11.3 Å². The van der Waals surface area contributed by atoms with Gasteiger partial charge in [0.25, 0.3) is 5.91 Å². The molecule has 1 saturated heterocycles. The molecule has 5 nitrogen and oxygen atoms in total. The predicted molar refractivity (Wildman–Crippen MR) is 96.4 cm³/mol. The number of hydrogen-bond acceptors (Lipinski definition) is 4. The summed E-state index contributed by atoms with van der Waals surface area (Å²) in [5, 5.41) is 5.15. The van der Waals surface area contributed by atoms with E-state index in [0.717, 1.165) is 36.4 Å². The maximum Gasteiger partial charge on any atom is 0.264 e. The first-order valence-corrected chi connectivity index (χ1v) is 9.82. The van der Waals surface area contributed by atoms with Crippen LogP contribution < -0.4 is 5.32 Å². The number of nitrogens with zero attached hydrogens (tertiary/aromatic N) is 2. The molecule has 2 fully saturated rings. The van der Waals surface area contributed by atoms with Crippen LogP contribution >= 0.6 is 11.3 Å². The Balaban J connectivity index is 1.50. The summed E-state index contributed by atoms with van der Waals surface area (Å²) < 4.78 is 0. The second kappa shape index (κ2) is 7.66. The number of piperazine rings is 1. The highest BCUT2D eigenvalue weighted by atomic mass is 32.1. The van der Waals surface area contributed by atoms with Gasteiger partial charge in [0.05, 0.1) is 10.9 Å². The molecule has 1 aromatic heterocycles. The Bertz CT molecular complexity index is 587. The topological polar surface area (TPSA) is 52.7 Å². The van der Waals surface area contributed by atoms with Crippen molar-refractivity contribution in [1.82, 2.24) is 15.1 Å². The fourth-order valence-corrected chi connectivity index (χ4v) is 4.50. The fraction of sp³-hybridized carbons (Fsp3) is 0.667. The van der Waals surface area contributed by atoms with E-state index in [2.05, 4.69) is 10.2 Å². The van der Waals surface area contributed by atoms with E-state index in [1.807, 2.05) is 30.2 Å². The van der Waals surface area contributed by atoms with Crippen LogP contribution in [0, 0.1) is 6.92 Å². The lowest BCUT2D eigenvalue weighted by Crippen LogP contribution is -2.55. The van der Waals surface area contributed by atoms with Crippen molar-refractivity contribution in [1.29, 1.82) is 0 Å². The van der Waals surface area contributed by atoms with Gasteiger partial charge in [0, 0.05) is 32.2 Å². The molecule has 6 heteroatoms. The molecule has 3 rings (SSSR count). The molecule has 24 heavy (non-hydrogen) atoms. The summed E-state index contributed by atoms with van der Waals surface area (Å²) in [6.45, 7) is 6.86. The highest BCUT2D eigenvalue weighted by Gasteiger charge is 2.29. The summed E-state index contributed by atoms with van der Waals surface area (Å²) >= 11 is 1.51.